The summed E-state index contributed by atoms with van der Waals surface area (Å²) < 4.78 is 2.35. The molecule has 1 unspecified atom stereocenters. The minimum atomic E-state index is 0.520. The molecular formula is C9H20NP. The third-order valence-electron chi connectivity index (χ3n) is 2.75. The number of rotatable bonds is 0. The van der Waals surface area contributed by atoms with Crippen molar-refractivity contribution in [3.05, 3.63) is 0 Å². The zero-order valence-electron chi connectivity index (χ0n) is 7.93. The molecule has 11 heavy (non-hydrogen) atoms. The van der Waals surface area contributed by atoms with Crippen LogP contribution in [0.2, 0.25) is 0 Å². The van der Waals surface area contributed by atoms with Crippen LogP contribution >= 0.6 is 9.39 Å². The molecule has 1 rings (SSSR count). The fourth-order valence-electron chi connectivity index (χ4n) is 1.77. The van der Waals surface area contributed by atoms with Crippen LogP contribution in [0.1, 0.15) is 33.6 Å². The quantitative estimate of drug-likeness (QED) is 0.509. The first kappa shape index (κ1) is 9.48. The SMILES string of the molecule is CC(C)(C)C1CCN(P)CC1. The molecule has 66 valence electrons. The van der Waals surface area contributed by atoms with Crippen molar-refractivity contribution in [1.29, 1.82) is 0 Å². The van der Waals surface area contributed by atoms with Crippen molar-refractivity contribution < 1.29 is 0 Å². The molecule has 0 aromatic carbocycles. The molecule has 0 N–H and O–H groups in total. The predicted octanol–water partition coefficient (Wildman–Crippen LogP) is 2.53. The predicted molar refractivity (Wildman–Crippen MR) is 53.5 cm³/mol. The molecule has 1 fully saturated rings. The molecule has 1 saturated heterocycles. The number of hydrogen-bond acceptors (Lipinski definition) is 1. The summed E-state index contributed by atoms with van der Waals surface area (Å²) >= 11 is 0. The summed E-state index contributed by atoms with van der Waals surface area (Å²) in [5.74, 6) is 0.930. The van der Waals surface area contributed by atoms with Gasteiger partial charge in [-0.05, 0) is 24.2 Å². The van der Waals surface area contributed by atoms with Crippen molar-refractivity contribution in [1.82, 2.24) is 4.67 Å². The lowest BCUT2D eigenvalue weighted by atomic mass is 9.76. The zero-order chi connectivity index (χ0) is 8.48. The van der Waals surface area contributed by atoms with E-state index in [1.807, 2.05) is 0 Å². The molecule has 0 bridgehead atoms. The lowest BCUT2D eigenvalue weighted by molar-refractivity contribution is 0.159. The van der Waals surface area contributed by atoms with Crippen molar-refractivity contribution >= 4 is 9.39 Å². The van der Waals surface area contributed by atoms with Crippen molar-refractivity contribution in [2.75, 3.05) is 13.1 Å². The van der Waals surface area contributed by atoms with Crippen LogP contribution in [0.4, 0.5) is 0 Å². The first-order valence-corrected chi connectivity index (χ1v) is 5.01. The number of piperidine rings is 1. The van der Waals surface area contributed by atoms with Gasteiger partial charge in [0.05, 0.1) is 0 Å². The molecule has 1 heterocycles. The van der Waals surface area contributed by atoms with Gasteiger partial charge in [0.25, 0.3) is 0 Å². The standard InChI is InChI=1S/C9H20NP/c1-9(2,3)8-4-6-10(11)7-5-8/h8H,4-7,11H2,1-3H3. The van der Waals surface area contributed by atoms with Crippen molar-refractivity contribution in [3.8, 4) is 0 Å². The van der Waals surface area contributed by atoms with E-state index < -0.39 is 0 Å². The second-order valence-corrected chi connectivity index (χ2v) is 5.41. The maximum Gasteiger partial charge on any atom is 0.00190 e. The number of nitrogens with zero attached hydrogens (tertiary/aromatic N) is 1. The highest BCUT2D eigenvalue weighted by Gasteiger charge is 2.27. The monoisotopic (exact) mass is 173 g/mol. The van der Waals surface area contributed by atoms with Crippen molar-refractivity contribution in [2.24, 2.45) is 11.3 Å². The Morgan fingerprint density at radius 2 is 1.64 bits per heavy atom. The van der Waals surface area contributed by atoms with Gasteiger partial charge in [-0.25, -0.2) is 0 Å². The Morgan fingerprint density at radius 1 is 1.18 bits per heavy atom. The van der Waals surface area contributed by atoms with Crippen molar-refractivity contribution in [3.63, 3.8) is 0 Å². The Hall–Kier alpha value is 0.390. The van der Waals surface area contributed by atoms with Gasteiger partial charge in [-0.1, -0.05) is 30.2 Å². The van der Waals surface area contributed by atoms with Gasteiger partial charge in [0.1, 0.15) is 0 Å². The van der Waals surface area contributed by atoms with Gasteiger partial charge in [0.15, 0.2) is 0 Å². The minimum absolute atomic E-state index is 0.520. The Morgan fingerprint density at radius 3 is 2.00 bits per heavy atom. The van der Waals surface area contributed by atoms with Crippen molar-refractivity contribution in [2.45, 2.75) is 33.6 Å². The lowest BCUT2D eigenvalue weighted by Gasteiger charge is -2.37. The van der Waals surface area contributed by atoms with Gasteiger partial charge in [-0.3, -0.25) is 4.67 Å². The maximum absolute atomic E-state index is 2.80. The Balaban J connectivity index is 2.39. The normalized spacial score (nSPS) is 24.0. The third-order valence-corrected chi connectivity index (χ3v) is 3.27. The summed E-state index contributed by atoms with van der Waals surface area (Å²) in [6.45, 7) is 9.58. The van der Waals surface area contributed by atoms with Crippen LogP contribution < -0.4 is 0 Å². The first-order valence-electron chi connectivity index (χ1n) is 4.50. The summed E-state index contributed by atoms with van der Waals surface area (Å²) in [4.78, 5) is 0. The average Bonchev–Trinajstić information content (AvgIpc) is 1.86. The minimum Gasteiger partial charge on any atom is -0.287 e. The second kappa shape index (κ2) is 3.41. The molecular weight excluding hydrogens is 153 g/mol. The van der Waals surface area contributed by atoms with Gasteiger partial charge in [0.2, 0.25) is 0 Å². The topological polar surface area (TPSA) is 3.24 Å². The zero-order valence-corrected chi connectivity index (χ0v) is 9.09. The van der Waals surface area contributed by atoms with Crippen LogP contribution in [0.15, 0.2) is 0 Å². The molecule has 0 aromatic heterocycles. The Labute approximate surface area is 72.8 Å². The summed E-state index contributed by atoms with van der Waals surface area (Å²) in [6.07, 6.45) is 2.74. The molecule has 0 amide bonds. The fourth-order valence-corrected chi connectivity index (χ4v) is 2.06. The summed E-state index contributed by atoms with van der Waals surface area (Å²) in [7, 11) is 2.80. The van der Waals surface area contributed by atoms with Gasteiger partial charge in [0, 0.05) is 13.1 Å². The van der Waals surface area contributed by atoms with Crippen LogP contribution in [-0.2, 0) is 0 Å². The molecule has 1 nitrogen and oxygen atoms in total. The van der Waals surface area contributed by atoms with Gasteiger partial charge in [-0.15, -0.1) is 0 Å². The highest BCUT2D eigenvalue weighted by Crippen LogP contribution is 2.34. The fraction of sp³-hybridized carbons (Fsp3) is 1.00. The maximum atomic E-state index is 2.80. The second-order valence-electron chi connectivity index (χ2n) is 4.68. The first-order chi connectivity index (χ1) is 5.00. The van der Waals surface area contributed by atoms with Crippen LogP contribution in [-0.4, -0.2) is 17.8 Å². The highest BCUT2D eigenvalue weighted by atomic mass is 31.0. The lowest BCUT2D eigenvalue weighted by Crippen LogP contribution is -2.32. The average molecular weight is 173 g/mol. The van der Waals surface area contributed by atoms with Crippen LogP contribution in [0, 0.1) is 11.3 Å². The smallest absolute Gasteiger partial charge is 0.00190 e. The summed E-state index contributed by atoms with van der Waals surface area (Å²) in [5.41, 5.74) is 0.520. The van der Waals surface area contributed by atoms with E-state index in [2.05, 4.69) is 34.8 Å². The molecule has 1 atom stereocenters. The molecule has 0 saturated carbocycles. The molecule has 1 aliphatic heterocycles. The van der Waals surface area contributed by atoms with E-state index in [1.54, 1.807) is 0 Å². The Bertz CT molecular complexity index is 120. The molecule has 1 aliphatic rings. The van der Waals surface area contributed by atoms with E-state index in [4.69, 9.17) is 0 Å². The Kier molecular flexibility index (Phi) is 2.94. The summed E-state index contributed by atoms with van der Waals surface area (Å²) in [6, 6.07) is 0. The molecule has 0 spiro atoms. The largest absolute Gasteiger partial charge is 0.287 e. The van der Waals surface area contributed by atoms with E-state index in [-0.39, 0.29) is 0 Å². The van der Waals surface area contributed by atoms with E-state index in [9.17, 15) is 0 Å². The summed E-state index contributed by atoms with van der Waals surface area (Å²) in [5, 5.41) is 0. The van der Waals surface area contributed by atoms with Gasteiger partial charge < -0.3 is 0 Å². The van der Waals surface area contributed by atoms with Crippen LogP contribution in [0.3, 0.4) is 0 Å². The molecule has 0 aliphatic carbocycles. The molecule has 2 heteroatoms. The van der Waals surface area contributed by atoms with Gasteiger partial charge in [-0.2, -0.15) is 0 Å². The van der Waals surface area contributed by atoms with E-state index >= 15 is 0 Å². The van der Waals surface area contributed by atoms with Crippen LogP contribution in [0.5, 0.6) is 0 Å². The highest BCUT2D eigenvalue weighted by molar-refractivity contribution is 7.13. The van der Waals surface area contributed by atoms with E-state index in [0.717, 1.165) is 5.92 Å². The molecule has 0 radical (unpaired) electrons. The van der Waals surface area contributed by atoms with E-state index in [1.165, 1.54) is 25.9 Å². The third kappa shape index (κ3) is 2.72. The van der Waals surface area contributed by atoms with Gasteiger partial charge >= 0.3 is 0 Å². The van der Waals surface area contributed by atoms with E-state index in [0.29, 0.717) is 5.41 Å². The molecule has 0 aromatic rings. The number of hydrogen-bond donors (Lipinski definition) is 0. The van der Waals surface area contributed by atoms with Crippen LogP contribution in [0.25, 0.3) is 0 Å².